The maximum absolute atomic E-state index is 11.7. The lowest BCUT2D eigenvalue weighted by molar-refractivity contribution is 0.0475. The molecule has 0 unspecified atom stereocenters. The summed E-state index contributed by atoms with van der Waals surface area (Å²) in [5.74, 6) is 0. The number of sulfonamides is 1. The van der Waals surface area contributed by atoms with Gasteiger partial charge in [-0.25, -0.2) is 18.4 Å². The van der Waals surface area contributed by atoms with E-state index in [1.165, 1.54) is 0 Å². The van der Waals surface area contributed by atoms with Gasteiger partial charge in [0.25, 0.3) is 0 Å². The van der Waals surface area contributed by atoms with E-state index in [9.17, 15) is 13.2 Å². The van der Waals surface area contributed by atoms with Crippen molar-refractivity contribution in [3.63, 3.8) is 0 Å². The Bertz CT molecular complexity index is 719. The highest BCUT2D eigenvalue weighted by atomic mass is 32.2. The van der Waals surface area contributed by atoms with Crippen molar-refractivity contribution in [1.29, 1.82) is 0 Å². The maximum Gasteiger partial charge on any atom is 0.407 e. The van der Waals surface area contributed by atoms with Crippen molar-refractivity contribution in [2.24, 2.45) is 5.14 Å². The first-order valence-corrected chi connectivity index (χ1v) is 9.38. The molecule has 2 rings (SSSR count). The number of ether oxygens (including phenoxy) is 1. The molecule has 0 saturated heterocycles. The molecule has 1 aliphatic rings. The maximum atomic E-state index is 11.7. The van der Waals surface area contributed by atoms with Crippen LogP contribution in [0.2, 0.25) is 0 Å². The van der Waals surface area contributed by atoms with Crippen molar-refractivity contribution in [3.8, 4) is 0 Å². The van der Waals surface area contributed by atoms with Gasteiger partial charge >= 0.3 is 6.09 Å². The van der Waals surface area contributed by atoms with Gasteiger partial charge in [0.15, 0.2) is 0 Å². The molecule has 1 aromatic rings. The van der Waals surface area contributed by atoms with Crippen LogP contribution >= 0.6 is 0 Å². The Labute approximate surface area is 143 Å². The van der Waals surface area contributed by atoms with Crippen LogP contribution < -0.4 is 15.8 Å². The number of amides is 1. The summed E-state index contributed by atoms with van der Waals surface area (Å²) < 4.78 is 28.3. The largest absolute Gasteiger partial charge is 0.444 e. The average Bonchev–Trinajstić information content (AvgIpc) is 2.34. The fourth-order valence-corrected chi connectivity index (χ4v) is 3.37. The first-order chi connectivity index (χ1) is 10.9. The Morgan fingerprint density at radius 2 is 1.88 bits per heavy atom. The molecule has 7 nitrogen and oxygen atoms in total. The normalized spacial score (nSPS) is 20.9. The fraction of sp³-hybridized carbons (Fsp3) is 0.562. The summed E-state index contributed by atoms with van der Waals surface area (Å²) >= 11 is 0. The Balaban J connectivity index is 1.87. The number of alkyl carbamates (subject to hydrolysis) is 1. The zero-order chi connectivity index (χ0) is 18.1. The summed E-state index contributed by atoms with van der Waals surface area (Å²) in [4.78, 5) is 11.8. The number of carbonyl (C=O) groups is 1. The van der Waals surface area contributed by atoms with Crippen LogP contribution in [0, 0.1) is 6.92 Å². The van der Waals surface area contributed by atoms with E-state index in [0.29, 0.717) is 11.3 Å². The molecule has 1 saturated carbocycles. The molecule has 1 aromatic carbocycles. The van der Waals surface area contributed by atoms with Crippen molar-refractivity contribution >= 4 is 21.8 Å². The van der Waals surface area contributed by atoms with Gasteiger partial charge in [0, 0.05) is 17.8 Å². The van der Waals surface area contributed by atoms with E-state index in [0.717, 1.165) is 12.8 Å². The van der Waals surface area contributed by atoms with Crippen LogP contribution in [0.1, 0.15) is 39.2 Å². The second-order valence-corrected chi connectivity index (χ2v) is 8.71. The number of nitrogens with two attached hydrogens (primary N) is 1. The molecule has 4 N–H and O–H groups in total. The highest BCUT2D eigenvalue weighted by Gasteiger charge is 2.31. The fourth-order valence-electron chi connectivity index (χ4n) is 2.56. The Kier molecular flexibility index (Phi) is 5.10. The van der Waals surface area contributed by atoms with E-state index >= 15 is 0 Å². The second-order valence-electron chi connectivity index (χ2n) is 7.18. The van der Waals surface area contributed by atoms with Crippen molar-refractivity contribution < 1.29 is 17.9 Å². The summed E-state index contributed by atoms with van der Waals surface area (Å²) in [6, 6.07) is 5.30. The number of aryl methyl sites for hydroxylation is 1. The van der Waals surface area contributed by atoms with Crippen LogP contribution in [0.4, 0.5) is 10.5 Å². The summed E-state index contributed by atoms with van der Waals surface area (Å²) in [7, 11) is -3.74. The van der Waals surface area contributed by atoms with Crippen LogP contribution in [0.5, 0.6) is 0 Å². The molecule has 0 spiro atoms. The Hall–Kier alpha value is -1.80. The molecule has 8 heteroatoms. The Morgan fingerprint density at radius 3 is 2.42 bits per heavy atom. The smallest absolute Gasteiger partial charge is 0.407 e. The molecule has 0 atom stereocenters. The van der Waals surface area contributed by atoms with E-state index in [1.54, 1.807) is 19.1 Å². The number of hydrogen-bond acceptors (Lipinski definition) is 5. The molecule has 24 heavy (non-hydrogen) atoms. The van der Waals surface area contributed by atoms with Gasteiger partial charge in [-0.05, 0) is 58.2 Å². The molecule has 1 amide bonds. The predicted octanol–water partition coefficient (Wildman–Crippen LogP) is 2.11. The third-order valence-electron chi connectivity index (χ3n) is 3.72. The molecule has 0 bridgehead atoms. The van der Waals surface area contributed by atoms with Crippen molar-refractivity contribution in [3.05, 3.63) is 23.8 Å². The minimum atomic E-state index is -3.74. The minimum absolute atomic E-state index is 0.0560. The molecule has 0 aromatic heterocycles. The highest BCUT2D eigenvalue weighted by molar-refractivity contribution is 7.89. The van der Waals surface area contributed by atoms with Gasteiger partial charge < -0.3 is 15.4 Å². The van der Waals surface area contributed by atoms with Gasteiger partial charge in [0.1, 0.15) is 5.60 Å². The quantitative estimate of drug-likeness (QED) is 0.766. The first kappa shape index (κ1) is 18.5. The van der Waals surface area contributed by atoms with Crippen molar-refractivity contribution in [2.75, 3.05) is 5.32 Å². The van der Waals surface area contributed by atoms with Crippen LogP contribution in [-0.4, -0.2) is 32.2 Å². The number of carbonyl (C=O) groups excluding carboxylic acids is 1. The van der Waals surface area contributed by atoms with Gasteiger partial charge in [-0.2, -0.15) is 0 Å². The van der Waals surface area contributed by atoms with Gasteiger partial charge in [-0.3, -0.25) is 0 Å². The number of nitrogens with one attached hydrogen (secondary N) is 2. The Morgan fingerprint density at radius 1 is 1.25 bits per heavy atom. The number of anilines is 1. The van der Waals surface area contributed by atoms with Crippen LogP contribution in [0.25, 0.3) is 0 Å². The number of primary sulfonamides is 1. The predicted molar refractivity (Wildman–Crippen MR) is 92.4 cm³/mol. The van der Waals surface area contributed by atoms with E-state index in [-0.39, 0.29) is 17.0 Å². The summed E-state index contributed by atoms with van der Waals surface area (Å²) in [6.07, 6.45) is 1.08. The van der Waals surface area contributed by atoms with E-state index in [1.807, 2.05) is 26.8 Å². The number of rotatable bonds is 4. The van der Waals surface area contributed by atoms with Crippen LogP contribution in [0.3, 0.4) is 0 Å². The standard InChI is InChI=1S/C16H25N3O4S/c1-10-5-6-11(9-14(10)24(17,21)22)18-12-7-13(8-12)19-15(20)23-16(2,3)4/h5-6,9,12-13,18H,7-8H2,1-4H3,(H,19,20)(H2,17,21,22). The zero-order valence-corrected chi connectivity index (χ0v) is 15.2. The zero-order valence-electron chi connectivity index (χ0n) is 14.4. The van der Waals surface area contributed by atoms with Gasteiger partial charge in [0.2, 0.25) is 10.0 Å². The summed E-state index contributed by atoms with van der Waals surface area (Å²) in [6.45, 7) is 7.15. The van der Waals surface area contributed by atoms with Crippen LogP contribution in [0.15, 0.2) is 23.1 Å². The van der Waals surface area contributed by atoms with E-state index in [4.69, 9.17) is 9.88 Å². The summed E-state index contributed by atoms with van der Waals surface area (Å²) in [5.41, 5.74) is 0.795. The molecular formula is C16H25N3O4S. The lowest BCUT2D eigenvalue weighted by atomic mass is 9.86. The van der Waals surface area contributed by atoms with Crippen molar-refractivity contribution in [1.82, 2.24) is 5.32 Å². The van der Waals surface area contributed by atoms with E-state index < -0.39 is 21.7 Å². The number of hydrogen-bond donors (Lipinski definition) is 3. The lowest BCUT2D eigenvalue weighted by Crippen LogP contribution is -2.50. The third kappa shape index (κ3) is 5.10. The number of benzene rings is 1. The highest BCUT2D eigenvalue weighted by Crippen LogP contribution is 2.26. The van der Waals surface area contributed by atoms with Crippen LogP contribution in [-0.2, 0) is 14.8 Å². The molecule has 134 valence electrons. The monoisotopic (exact) mass is 355 g/mol. The topological polar surface area (TPSA) is 111 Å². The molecule has 0 aliphatic heterocycles. The summed E-state index contributed by atoms with van der Waals surface area (Å²) in [5, 5.41) is 11.3. The first-order valence-electron chi connectivity index (χ1n) is 7.83. The molecule has 0 heterocycles. The SMILES string of the molecule is Cc1ccc(NC2CC(NC(=O)OC(C)(C)C)C2)cc1S(N)(=O)=O. The van der Waals surface area contributed by atoms with E-state index in [2.05, 4.69) is 10.6 Å². The average molecular weight is 355 g/mol. The van der Waals surface area contributed by atoms with Crippen molar-refractivity contribution in [2.45, 2.75) is 63.1 Å². The molecule has 0 radical (unpaired) electrons. The van der Waals surface area contributed by atoms with Gasteiger partial charge in [0.05, 0.1) is 4.90 Å². The van der Waals surface area contributed by atoms with Gasteiger partial charge in [-0.1, -0.05) is 6.07 Å². The molecular weight excluding hydrogens is 330 g/mol. The van der Waals surface area contributed by atoms with Gasteiger partial charge in [-0.15, -0.1) is 0 Å². The molecule has 1 fully saturated rings. The third-order valence-corrected chi connectivity index (χ3v) is 4.78. The lowest BCUT2D eigenvalue weighted by Gasteiger charge is -2.37. The molecule has 1 aliphatic carbocycles. The second kappa shape index (κ2) is 6.60. The minimum Gasteiger partial charge on any atom is -0.444 e.